The third kappa shape index (κ3) is 10.5. The largest absolute Gasteiger partial charge is 0.508 e. The van der Waals surface area contributed by atoms with E-state index in [0.29, 0.717) is 13.0 Å². The molecule has 0 amide bonds. The molecule has 3 N–H and O–H groups in total. The Kier molecular flexibility index (Phi) is 13.4. The second-order valence-electron chi connectivity index (χ2n) is 6.12. The molecule has 0 aliphatic carbocycles. The fourth-order valence-corrected chi connectivity index (χ4v) is 2.49. The second-order valence-corrected chi connectivity index (χ2v) is 6.12. The molecule has 0 unspecified atom stereocenters. The molecule has 24 heavy (non-hydrogen) atoms. The minimum Gasteiger partial charge on any atom is -0.508 e. The summed E-state index contributed by atoms with van der Waals surface area (Å²) in [5, 5.41) is 9.22. The lowest BCUT2D eigenvalue weighted by molar-refractivity contribution is -0.145. The number of nitrogens with two attached hydrogens (primary N) is 1. The van der Waals surface area contributed by atoms with E-state index < -0.39 is 6.04 Å². The number of carbonyl (C=O) groups excluding carboxylic acids is 1. The van der Waals surface area contributed by atoms with Crippen LogP contribution in [0.4, 0.5) is 0 Å². The van der Waals surface area contributed by atoms with E-state index in [0.717, 1.165) is 18.4 Å². The lowest BCUT2D eigenvalue weighted by atomic mass is 10.1. The predicted octanol–water partition coefficient (Wildman–Crippen LogP) is 4.37. The van der Waals surface area contributed by atoms with Gasteiger partial charge in [-0.1, -0.05) is 64.0 Å². The summed E-state index contributed by atoms with van der Waals surface area (Å²) >= 11 is 0. The van der Waals surface area contributed by atoms with Crippen LogP contribution in [0.15, 0.2) is 24.3 Å². The number of halogens is 1. The molecule has 0 heterocycles. The van der Waals surface area contributed by atoms with Crippen molar-refractivity contribution in [3.8, 4) is 5.75 Å². The monoisotopic (exact) mass is 357 g/mol. The summed E-state index contributed by atoms with van der Waals surface area (Å²) < 4.78 is 5.23. The van der Waals surface area contributed by atoms with E-state index in [1.54, 1.807) is 24.3 Å². The molecule has 1 aromatic carbocycles. The molecule has 0 saturated heterocycles. The van der Waals surface area contributed by atoms with Crippen LogP contribution in [0.1, 0.15) is 63.9 Å². The first-order chi connectivity index (χ1) is 11.1. The van der Waals surface area contributed by atoms with Gasteiger partial charge in [0.1, 0.15) is 11.8 Å². The molecular formula is C19H32ClNO3. The summed E-state index contributed by atoms with van der Waals surface area (Å²) in [4.78, 5) is 11.8. The quantitative estimate of drug-likeness (QED) is 0.430. The molecule has 0 aliphatic heterocycles. The van der Waals surface area contributed by atoms with E-state index in [4.69, 9.17) is 10.5 Å². The average Bonchev–Trinajstić information content (AvgIpc) is 2.55. The Morgan fingerprint density at radius 2 is 1.58 bits per heavy atom. The van der Waals surface area contributed by atoms with E-state index in [9.17, 15) is 9.90 Å². The number of phenols is 1. The average molecular weight is 358 g/mol. The zero-order valence-corrected chi connectivity index (χ0v) is 15.5. The van der Waals surface area contributed by atoms with Gasteiger partial charge in [-0.3, -0.25) is 4.79 Å². The number of hydrogen-bond donors (Lipinski definition) is 2. The zero-order chi connectivity index (χ0) is 16.9. The van der Waals surface area contributed by atoms with E-state index in [1.165, 1.54) is 38.5 Å². The molecule has 1 atom stereocenters. The number of benzene rings is 1. The first-order valence-electron chi connectivity index (χ1n) is 8.83. The van der Waals surface area contributed by atoms with Crippen molar-refractivity contribution >= 4 is 18.4 Å². The van der Waals surface area contributed by atoms with Gasteiger partial charge in [0.2, 0.25) is 0 Å². The van der Waals surface area contributed by atoms with Gasteiger partial charge < -0.3 is 15.6 Å². The van der Waals surface area contributed by atoms with Crippen LogP contribution in [0.2, 0.25) is 0 Å². The number of phenolic OH excluding ortho intramolecular Hbond substituents is 1. The highest BCUT2D eigenvalue weighted by molar-refractivity contribution is 5.85. The van der Waals surface area contributed by atoms with Crippen LogP contribution in [-0.4, -0.2) is 23.7 Å². The lowest BCUT2D eigenvalue weighted by Gasteiger charge is -2.11. The van der Waals surface area contributed by atoms with Gasteiger partial charge in [0, 0.05) is 0 Å². The van der Waals surface area contributed by atoms with Crippen molar-refractivity contribution in [2.75, 3.05) is 6.61 Å². The van der Waals surface area contributed by atoms with Gasteiger partial charge in [-0.15, -0.1) is 12.4 Å². The summed E-state index contributed by atoms with van der Waals surface area (Å²) in [6.45, 7) is 2.68. The van der Waals surface area contributed by atoms with Gasteiger partial charge in [0.15, 0.2) is 0 Å². The highest BCUT2D eigenvalue weighted by Gasteiger charge is 2.15. The van der Waals surface area contributed by atoms with Crippen molar-refractivity contribution in [1.82, 2.24) is 0 Å². The first kappa shape index (κ1) is 22.7. The maximum absolute atomic E-state index is 11.8. The van der Waals surface area contributed by atoms with Crippen molar-refractivity contribution in [3.05, 3.63) is 29.8 Å². The van der Waals surface area contributed by atoms with Gasteiger partial charge in [0.25, 0.3) is 0 Å². The van der Waals surface area contributed by atoms with Crippen LogP contribution in [-0.2, 0) is 16.0 Å². The van der Waals surface area contributed by atoms with E-state index >= 15 is 0 Å². The first-order valence-corrected chi connectivity index (χ1v) is 8.83. The zero-order valence-electron chi connectivity index (χ0n) is 14.7. The number of carbonyl (C=O) groups is 1. The maximum Gasteiger partial charge on any atom is 0.323 e. The highest BCUT2D eigenvalue weighted by Crippen LogP contribution is 2.12. The minimum absolute atomic E-state index is 0. The second kappa shape index (κ2) is 14.1. The predicted molar refractivity (Wildman–Crippen MR) is 101 cm³/mol. The lowest BCUT2D eigenvalue weighted by Crippen LogP contribution is -2.34. The topological polar surface area (TPSA) is 72.5 Å². The summed E-state index contributed by atoms with van der Waals surface area (Å²) in [6, 6.07) is 6.07. The molecular weight excluding hydrogens is 326 g/mol. The third-order valence-electron chi connectivity index (χ3n) is 3.94. The molecule has 1 aromatic rings. The normalized spacial score (nSPS) is 11.6. The van der Waals surface area contributed by atoms with E-state index in [1.807, 2.05) is 0 Å². The molecule has 0 aromatic heterocycles. The number of ether oxygens (including phenoxy) is 1. The Labute approximate surface area is 152 Å². The number of esters is 1. The van der Waals surface area contributed by atoms with Crippen LogP contribution in [0.3, 0.4) is 0 Å². The van der Waals surface area contributed by atoms with Crippen LogP contribution in [0.5, 0.6) is 5.75 Å². The summed E-state index contributed by atoms with van der Waals surface area (Å²) in [5.41, 5.74) is 6.78. The number of hydrogen-bond acceptors (Lipinski definition) is 4. The molecule has 0 bridgehead atoms. The number of unbranched alkanes of at least 4 members (excludes halogenated alkanes) is 7. The molecule has 0 saturated carbocycles. The Bertz CT molecular complexity index is 437. The van der Waals surface area contributed by atoms with Crippen molar-refractivity contribution in [2.24, 2.45) is 5.73 Å². The molecule has 5 heteroatoms. The summed E-state index contributed by atoms with van der Waals surface area (Å²) in [7, 11) is 0. The Morgan fingerprint density at radius 1 is 1.04 bits per heavy atom. The van der Waals surface area contributed by atoms with Crippen molar-refractivity contribution in [3.63, 3.8) is 0 Å². The van der Waals surface area contributed by atoms with Crippen molar-refractivity contribution in [1.29, 1.82) is 0 Å². The van der Waals surface area contributed by atoms with Crippen LogP contribution in [0.25, 0.3) is 0 Å². The standard InChI is InChI=1S/C19H31NO3.ClH/c1-2-3-4-5-6-7-8-9-14-23-19(22)18(20)15-16-10-12-17(21)13-11-16;/h10-13,18,21H,2-9,14-15,20H2,1H3;1H/t18-;/m0./s1. The summed E-state index contributed by atoms with van der Waals surface area (Å²) in [6.07, 6.45) is 10.2. The van der Waals surface area contributed by atoms with Gasteiger partial charge in [-0.05, 0) is 30.5 Å². The third-order valence-corrected chi connectivity index (χ3v) is 3.94. The molecule has 138 valence electrons. The Hall–Kier alpha value is -1.26. The van der Waals surface area contributed by atoms with Gasteiger partial charge in [0.05, 0.1) is 6.61 Å². The molecule has 4 nitrogen and oxygen atoms in total. The van der Waals surface area contributed by atoms with E-state index in [2.05, 4.69) is 6.92 Å². The molecule has 0 fully saturated rings. The molecule has 0 aliphatic rings. The van der Waals surface area contributed by atoms with Gasteiger partial charge in [-0.2, -0.15) is 0 Å². The molecule has 0 spiro atoms. The van der Waals surface area contributed by atoms with Crippen LogP contribution < -0.4 is 5.73 Å². The van der Waals surface area contributed by atoms with Crippen LogP contribution in [0, 0.1) is 0 Å². The number of rotatable bonds is 12. The minimum atomic E-state index is -0.645. The molecule has 1 rings (SSSR count). The fraction of sp³-hybridized carbons (Fsp3) is 0.632. The summed E-state index contributed by atoms with van der Waals surface area (Å²) in [5.74, 6) is -0.138. The van der Waals surface area contributed by atoms with Gasteiger partial charge in [-0.25, -0.2) is 0 Å². The van der Waals surface area contributed by atoms with Crippen LogP contribution >= 0.6 is 12.4 Å². The molecule has 0 radical (unpaired) electrons. The number of aromatic hydroxyl groups is 1. The van der Waals surface area contributed by atoms with E-state index in [-0.39, 0.29) is 24.1 Å². The Morgan fingerprint density at radius 3 is 2.17 bits per heavy atom. The Balaban J connectivity index is 0.00000529. The van der Waals surface area contributed by atoms with Gasteiger partial charge >= 0.3 is 5.97 Å². The SMILES string of the molecule is CCCCCCCCCCOC(=O)[C@@H](N)Cc1ccc(O)cc1.Cl. The van der Waals surface area contributed by atoms with Crippen molar-refractivity contribution in [2.45, 2.75) is 70.8 Å². The highest BCUT2D eigenvalue weighted by atomic mass is 35.5. The fourth-order valence-electron chi connectivity index (χ4n) is 2.49. The smallest absolute Gasteiger partial charge is 0.323 e. The van der Waals surface area contributed by atoms with Crippen molar-refractivity contribution < 1.29 is 14.6 Å². The maximum atomic E-state index is 11.8.